The van der Waals surface area contributed by atoms with Crippen molar-refractivity contribution in [2.75, 3.05) is 52.9 Å². The number of carboxylic acid groups (broad SMARTS) is 4. The minimum absolute atomic E-state index is 0. The standard InChI is InChI=1S/2C9H16O5.2C7H12O4.Na.H/c2*1-7(2)8(13)14-6-9(3-10,4-11)5-12;2*8-6(9)4-2-1-3-5-7(10)11;;/h2*10-12H,1,3-6H2,2H3;2*1-5H2,(H,8,9)(H,10,11);;. The number of unbranched alkanes of at least 4 members (excludes halogenated alkanes) is 4. The summed E-state index contributed by atoms with van der Waals surface area (Å²) in [6.45, 7) is 6.52. The van der Waals surface area contributed by atoms with E-state index < -0.39 is 86.3 Å². The summed E-state index contributed by atoms with van der Waals surface area (Å²) in [5, 5.41) is 86.2. The number of rotatable bonds is 24. The van der Waals surface area contributed by atoms with Crippen molar-refractivity contribution < 1.29 is 89.3 Å². The van der Waals surface area contributed by atoms with E-state index in [0.717, 1.165) is 0 Å². The first-order chi connectivity index (χ1) is 23.3. The minimum atomic E-state index is -1.18. The van der Waals surface area contributed by atoms with Gasteiger partial charge in [0.15, 0.2) is 0 Å². The van der Waals surface area contributed by atoms with Gasteiger partial charge in [0.05, 0.1) is 50.5 Å². The summed E-state index contributed by atoms with van der Waals surface area (Å²) in [6.07, 6.45) is 4.20. The zero-order valence-electron chi connectivity index (χ0n) is 28.9. The Bertz CT molecular complexity index is 893. The molecule has 0 aliphatic carbocycles. The fourth-order valence-corrected chi connectivity index (χ4v) is 2.72. The number of aliphatic hydroxyl groups is 6. The van der Waals surface area contributed by atoms with Crippen LogP contribution in [0.3, 0.4) is 0 Å². The molecule has 0 amide bonds. The maximum atomic E-state index is 11.0. The van der Waals surface area contributed by atoms with Crippen molar-refractivity contribution in [2.24, 2.45) is 10.8 Å². The SMILES string of the molecule is C=C(C)C(=O)OCC(CO)(CO)CO.C=C(C)C(=O)OCC(CO)(CO)CO.O=C(O)CCCCCC(=O)O.O=C(O)CCCCCC(=O)O.[NaH]. The second-order valence-corrected chi connectivity index (χ2v) is 11.4. The van der Waals surface area contributed by atoms with Gasteiger partial charge in [0, 0.05) is 36.8 Å². The number of hydrogen-bond acceptors (Lipinski definition) is 14. The molecule has 19 heteroatoms. The summed E-state index contributed by atoms with van der Waals surface area (Å²) >= 11 is 0. The molecule has 10 N–H and O–H groups in total. The van der Waals surface area contributed by atoms with Gasteiger partial charge in [-0.25, -0.2) is 9.59 Å². The first kappa shape index (κ1) is 57.4. The van der Waals surface area contributed by atoms with Crippen LogP contribution >= 0.6 is 0 Å². The molecule has 0 spiro atoms. The van der Waals surface area contributed by atoms with Crippen LogP contribution in [0.2, 0.25) is 0 Å². The number of carbonyl (C=O) groups excluding carboxylic acids is 2. The molecule has 0 aromatic rings. The van der Waals surface area contributed by atoms with E-state index in [1.165, 1.54) is 13.8 Å². The number of carbonyl (C=O) groups is 6. The van der Waals surface area contributed by atoms with E-state index >= 15 is 0 Å². The van der Waals surface area contributed by atoms with Crippen molar-refractivity contribution in [2.45, 2.75) is 78.1 Å². The molecule has 0 saturated carbocycles. The predicted octanol–water partition coefficient (Wildman–Crippen LogP) is -0.298. The first-order valence-corrected chi connectivity index (χ1v) is 15.5. The summed E-state index contributed by atoms with van der Waals surface area (Å²) in [4.78, 5) is 61.9. The topological polar surface area (TPSA) is 323 Å². The Kier molecular flexibility index (Phi) is 39.9. The van der Waals surface area contributed by atoms with Crippen LogP contribution in [0.15, 0.2) is 24.3 Å². The number of carboxylic acids is 4. The summed E-state index contributed by atoms with van der Waals surface area (Å²) in [5.41, 5.74) is -1.89. The maximum absolute atomic E-state index is 11.0. The molecule has 18 nitrogen and oxygen atoms in total. The molecular weight excluding hydrogens is 695 g/mol. The summed E-state index contributed by atoms with van der Waals surface area (Å²) in [7, 11) is 0. The van der Waals surface area contributed by atoms with Gasteiger partial charge < -0.3 is 60.5 Å². The molecule has 294 valence electrons. The third-order valence-corrected chi connectivity index (χ3v) is 6.29. The summed E-state index contributed by atoms with van der Waals surface area (Å²) < 4.78 is 9.45. The molecule has 0 fully saturated rings. The number of aliphatic carboxylic acids is 4. The third kappa shape index (κ3) is 36.6. The van der Waals surface area contributed by atoms with Crippen molar-refractivity contribution in [3.63, 3.8) is 0 Å². The van der Waals surface area contributed by atoms with Gasteiger partial charge in [0.1, 0.15) is 13.2 Å². The van der Waals surface area contributed by atoms with Crippen molar-refractivity contribution in [3.8, 4) is 0 Å². The number of hydrogen-bond donors (Lipinski definition) is 10. The Morgan fingerprint density at radius 1 is 0.451 bits per heavy atom. The first-order valence-electron chi connectivity index (χ1n) is 15.5. The van der Waals surface area contributed by atoms with Gasteiger partial charge in [-0.05, 0) is 39.5 Å². The summed E-state index contributed by atoms with van der Waals surface area (Å²) in [5.74, 6) is -4.49. The molecule has 0 aliphatic heterocycles. The molecule has 0 saturated heterocycles. The Morgan fingerprint density at radius 2 is 0.647 bits per heavy atom. The Balaban J connectivity index is -0.000000184. The molecule has 0 aliphatic rings. The van der Waals surface area contributed by atoms with Crippen LogP contribution in [0.1, 0.15) is 78.1 Å². The van der Waals surface area contributed by atoms with Crippen molar-refractivity contribution in [3.05, 3.63) is 24.3 Å². The van der Waals surface area contributed by atoms with Crippen LogP contribution in [0.4, 0.5) is 0 Å². The number of esters is 2. The van der Waals surface area contributed by atoms with Gasteiger partial charge >= 0.3 is 65.4 Å². The predicted molar refractivity (Wildman–Crippen MR) is 183 cm³/mol. The average Bonchev–Trinajstić information content (AvgIpc) is 3.06. The van der Waals surface area contributed by atoms with E-state index in [1.54, 1.807) is 0 Å². The van der Waals surface area contributed by atoms with Gasteiger partial charge in [-0.3, -0.25) is 19.2 Å². The Hall–Kier alpha value is -2.94. The second-order valence-electron chi connectivity index (χ2n) is 11.4. The van der Waals surface area contributed by atoms with Gasteiger partial charge in [-0.15, -0.1) is 0 Å². The van der Waals surface area contributed by atoms with Crippen LogP contribution < -0.4 is 0 Å². The molecule has 0 radical (unpaired) electrons. The molecule has 0 atom stereocenters. The molecule has 51 heavy (non-hydrogen) atoms. The van der Waals surface area contributed by atoms with Crippen molar-refractivity contribution in [1.29, 1.82) is 0 Å². The van der Waals surface area contributed by atoms with E-state index in [9.17, 15) is 28.8 Å². The fraction of sp³-hybridized carbons (Fsp3) is 0.688. The molecule has 0 unspecified atom stereocenters. The van der Waals surface area contributed by atoms with Crippen LogP contribution in [0, 0.1) is 10.8 Å². The molecule has 0 rings (SSSR count). The van der Waals surface area contributed by atoms with Crippen LogP contribution in [0.25, 0.3) is 0 Å². The van der Waals surface area contributed by atoms with Gasteiger partial charge in [-0.1, -0.05) is 26.0 Å². The Labute approximate surface area is 319 Å². The summed E-state index contributed by atoms with van der Waals surface area (Å²) in [6, 6.07) is 0. The van der Waals surface area contributed by atoms with Gasteiger partial charge in [0.25, 0.3) is 0 Å². The quantitative estimate of drug-likeness (QED) is 0.0262. The van der Waals surface area contributed by atoms with Crippen molar-refractivity contribution >= 4 is 65.4 Å². The molecular formula is C32H57NaO18. The van der Waals surface area contributed by atoms with Gasteiger partial charge in [0.2, 0.25) is 0 Å². The zero-order valence-corrected chi connectivity index (χ0v) is 28.9. The second kappa shape index (κ2) is 35.5. The average molecular weight is 753 g/mol. The van der Waals surface area contributed by atoms with Crippen LogP contribution in [-0.4, -0.2) is 169 Å². The van der Waals surface area contributed by atoms with E-state index in [1.807, 2.05) is 0 Å². The number of ether oxygens (including phenoxy) is 2. The molecule has 0 bridgehead atoms. The van der Waals surface area contributed by atoms with E-state index in [2.05, 4.69) is 13.2 Å². The van der Waals surface area contributed by atoms with E-state index in [0.29, 0.717) is 38.5 Å². The normalized spacial score (nSPS) is 10.2. The molecule has 0 aromatic heterocycles. The fourth-order valence-electron chi connectivity index (χ4n) is 2.72. The Morgan fingerprint density at radius 3 is 0.784 bits per heavy atom. The molecule has 0 aromatic carbocycles. The monoisotopic (exact) mass is 752 g/mol. The third-order valence-electron chi connectivity index (χ3n) is 6.29. The van der Waals surface area contributed by atoms with Crippen LogP contribution in [0.5, 0.6) is 0 Å². The van der Waals surface area contributed by atoms with Crippen LogP contribution in [-0.2, 0) is 38.2 Å². The zero-order chi connectivity index (χ0) is 39.8. The van der Waals surface area contributed by atoms with Crippen molar-refractivity contribution in [1.82, 2.24) is 0 Å². The number of aliphatic hydroxyl groups excluding tert-OH is 6. The van der Waals surface area contributed by atoms with E-state index in [4.69, 9.17) is 60.5 Å². The van der Waals surface area contributed by atoms with E-state index in [-0.39, 0.29) is 79.6 Å². The molecule has 0 heterocycles. The van der Waals surface area contributed by atoms with Gasteiger partial charge in [-0.2, -0.15) is 0 Å².